The van der Waals surface area contributed by atoms with Gasteiger partial charge in [0.25, 0.3) is 0 Å². The summed E-state index contributed by atoms with van der Waals surface area (Å²) in [5.74, 6) is 0. The Morgan fingerprint density at radius 1 is 1.31 bits per heavy atom. The van der Waals surface area contributed by atoms with Gasteiger partial charge in [-0.25, -0.2) is 0 Å². The number of para-hydroxylation sites is 1. The van der Waals surface area contributed by atoms with Gasteiger partial charge in [0, 0.05) is 12.8 Å². The highest BCUT2D eigenvalue weighted by molar-refractivity contribution is 5.47. The van der Waals surface area contributed by atoms with Gasteiger partial charge in [-0.05, 0) is 25.0 Å². The molecule has 0 radical (unpaired) electrons. The molecule has 0 saturated heterocycles. The van der Waals surface area contributed by atoms with Crippen molar-refractivity contribution in [2.45, 2.75) is 18.4 Å². The van der Waals surface area contributed by atoms with Crippen LogP contribution in [-0.4, -0.2) is 19.3 Å². The van der Waals surface area contributed by atoms with Crippen molar-refractivity contribution < 1.29 is 4.74 Å². The van der Waals surface area contributed by atoms with Gasteiger partial charge in [0.2, 0.25) is 0 Å². The van der Waals surface area contributed by atoms with E-state index >= 15 is 0 Å². The minimum absolute atomic E-state index is 0.232. The van der Waals surface area contributed by atoms with Gasteiger partial charge in [-0.15, -0.1) is 0 Å². The quantitative estimate of drug-likeness (QED) is 0.761. The lowest BCUT2D eigenvalue weighted by Gasteiger charge is -2.17. The number of anilines is 1. The smallest absolute Gasteiger partial charge is 0.0692 e. The van der Waals surface area contributed by atoms with Gasteiger partial charge in [0.1, 0.15) is 0 Å². The van der Waals surface area contributed by atoms with Crippen LogP contribution in [0, 0.1) is 0 Å². The number of hydrogen-bond acceptors (Lipinski definition) is 2. The van der Waals surface area contributed by atoms with Crippen LogP contribution in [0.1, 0.15) is 12.8 Å². The molecule has 2 heteroatoms. The third-order valence-electron chi connectivity index (χ3n) is 2.46. The molecule has 13 heavy (non-hydrogen) atoms. The Balaban J connectivity index is 1.98. The van der Waals surface area contributed by atoms with Crippen LogP contribution in [0.4, 0.5) is 5.69 Å². The average Bonchev–Trinajstić information content (AvgIpc) is 2.87. The third-order valence-corrected chi connectivity index (χ3v) is 2.46. The highest BCUT2D eigenvalue weighted by Crippen LogP contribution is 2.38. The van der Waals surface area contributed by atoms with E-state index in [2.05, 4.69) is 17.4 Å². The summed E-state index contributed by atoms with van der Waals surface area (Å²) in [5.41, 5.74) is 1.42. The maximum atomic E-state index is 5.18. The van der Waals surface area contributed by atoms with E-state index in [0.717, 1.165) is 6.61 Å². The van der Waals surface area contributed by atoms with Crippen molar-refractivity contribution in [2.75, 3.05) is 19.0 Å². The molecule has 1 aromatic rings. The molecule has 1 saturated carbocycles. The summed E-state index contributed by atoms with van der Waals surface area (Å²) in [6.07, 6.45) is 2.44. The van der Waals surface area contributed by atoms with Gasteiger partial charge in [0.15, 0.2) is 0 Å². The predicted octanol–water partition coefficient (Wildman–Crippen LogP) is 2.28. The number of benzene rings is 1. The maximum absolute atomic E-state index is 5.18. The zero-order chi connectivity index (χ0) is 9.15. The van der Waals surface area contributed by atoms with E-state index in [-0.39, 0.29) is 5.54 Å². The van der Waals surface area contributed by atoms with Crippen LogP contribution >= 0.6 is 0 Å². The molecule has 1 aliphatic rings. The van der Waals surface area contributed by atoms with Crippen LogP contribution < -0.4 is 5.32 Å². The van der Waals surface area contributed by atoms with Gasteiger partial charge in [0.05, 0.1) is 12.1 Å². The molecule has 0 atom stereocenters. The van der Waals surface area contributed by atoms with E-state index in [4.69, 9.17) is 4.74 Å². The van der Waals surface area contributed by atoms with Crippen molar-refractivity contribution in [3.63, 3.8) is 0 Å². The van der Waals surface area contributed by atoms with Crippen LogP contribution in [-0.2, 0) is 4.74 Å². The Bertz CT molecular complexity index is 267. The fraction of sp³-hybridized carbons (Fsp3) is 0.455. The lowest BCUT2D eigenvalue weighted by Crippen LogP contribution is -2.26. The number of hydrogen-bond donors (Lipinski definition) is 1. The lowest BCUT2D eigenvalue weighted by molar-refractivity contribution is 0.179. The molecular weight excluding hydrogens is 162 g/mol. The zero-order valence-electron chi connectivity index (χ0n) is 7.92. The number of methoxy groups -OCH3 is 1. The molecule has 2 rings (SSSR count). The molecule has 1 aromatic carbocycles. The van der Waals surface area contributed by atoms with E-state index in [1.54, 1.807) is 7.11 Å². The molecule has 2 nitrogen and oxygen atoms in total. The molecule has 1 fully saturated rings. The van der Waals surface area contributed by atoms with Crippen molar-refractivity contribution in [1.82, 2.24) is 0 Å². The second-order valence-electron chi connectivity index (χ2n) is 3.70. The summed E-state index contributed by atoms with van der Waals surface area (Å²) in [6, 6.07) is 10.3. The van der Waals surface area contributed by atoms with E-state index in [1.165, 1.54) is 18.5 Å². The summed E-state index contributed by atoms with van der Waals surface area (Å²) >= 11 is 0. The molecule has 0 unspecified atom stereocenters. The van der Waals surface area contributed by atoms with Crippen molar-refractivity contribution in [1.29, 1.82) is 0 Å². The lowest BCUT2D eigenvalue weighted by atomic mass is 10.2. The number of nitrogens with one attached hydrogen (secondary N) is 1. The summed E-state index contributed by atoms with van der Waals surface area (Å²) in [7, 11) is 1.76. The molecule has 0 spiro atoms. The Labute approximate surface area is 78.9 Å². The van der Waals surface area contributed by atoms with E-state index in [9.17, 15) is 0 Å². The van der Waals surface area contributed by atoms with Crippen molar-refractivity contribution in [2.24, 2.45) is 0 Å². The molecular formula is C11H15NO. The molecule has 1 N–H and O–H groups in total. The maximum Gasteiger partial charge on any atom is 0.0692 e. The van der Waals surface area contributed by atoms with Gasteiger partial charge in [-0.2, -0.15) is 0 Å². The predicted molar refractivity (Wildman–Crippen MR) is 53.9 cm³/mol. The Morgan fingerprint density at radius 2 is 2.00 bits per heavy atom. The van der Waals surface area contributed by atoms with Crippen molar-refractivity contribution >= 4 is 5.69 Å². The standard InChI is InChI=1S/C11H15NO/c1-13-9-11(7-8-11)12-10-5-3-2-4-6-10/h2-6,12H,7-9H2,1H3. The topological polar surface area (TPSA) is 21.3 Å². The first kappa shape index (κ1) is 8.57. The fourth-order valence-electron chi connectivity index (χ4n) is 1.56. The highest BCUT2D eigenvalue weighted by Gasteiger charge is 2.42. The normalized spacial score (nSPS) is 18.2. The first-order valence-electron chi connectivity index (χ1n) is 4.67. The molecule has 1 aliphatic carbocycles. The van der Waals surface area contributed by atoms with Gasteiger partial charge in [-0.3, -0.25) is 0 Å². The minimum atomic E-state index is 0.232. The largest absolute Gasteiger partial charge is 0.382 e. The first-order valence-corrected chi connectivity index (χ1v) is 4.67. The summed E-state index contributed by atoms with van der Waals surface area (Å²) < 4.78 is 5.18. The Kier molecular flexibility index (Phi) is 2.23. The van der Waals surface area contributed by atoms with Crippen LogP contribution in [0.25, 0.3) is 0 Å². The monoisotopic (exact) mass is 177 g/mol. The molecule has 0 aliphatic heterocycles. The second kappa shape index (κ2) is 3.38. The molecule has 0 amide bonds. The van der Waals surface area contributed by atoms with Gasteiger partial charge < -0.3 is 10.1 Å². The van der Waals surface area contributed by atoms with E-state index in [0.29, 0.717) is 0 Å². The van der Waals surface area contributed by atoms with Crippen LogP contribution in [0.5, 0.6) is 0 Å². The van der Waals surface area contributed by atoms with E-state index in [1.807, 2.05) is 18.2 Å². The summed E-state index contributed by atoms with van der Waals surface area (Å²) in [4.78, 5) is 0. The Morgan fingerprint density at radius 3 is 2.54 bits per heavy atom. The highest BCUT2D eigenvalue weighted by atomic mass is 16.5. The van der Waals surface area contributed by atoms with Crippen LogP contribution in [0.3, 0.4) is 0 Å². The molecule has 0 heterocycles. The van der Waals surface area contributed by atoms with Crippen LogP contribution in [0.15, 0.2) is 30.3 Å². The van der Waals surface area contributed by atoms with Crippen molar-refractivity contribution in [3.8, 4) is 0 Å². The van der Waals surface area contributed by atoms with Crippen LogP contribution in [0.2, 0.25) is 0 Å². The average molecular weight is 177 g/mol. The first-order chi connectivity index (χ1) is 6.35. The van der Waals surface area contributed by atoms with Gasteiger partial charge >= 0.3 is 0 Å². The molecule has 70 valence electrons. The van der Waals surface area contributed by atoms with E-state index < -0.39 is 0 Å². The molecule has 0 aromatic heterocycles. The molecule has 0 bridgehead atoms. The minimum Gasteiger partial charge on any atom is -0.382 e. The number of ether oxygens (including phenoxy) is 1. The van der Waals surface area contributed by atoms with Gasteiger partial charge in [-0.1, -0.05) is 18.2 Å². The second-order valence-corrected chi connectivity index (χ2v) is 3.70. The summed E-state index contributed by atoms with van der Waals surface area (Å²) in [5, 5.41) is 3.51. The fourth-order valence-corrected chi connectivity index (χ4v) is 1.56. The zero-order valence-corrected chi connectivity index (χ0v) is 7.92. The third kappa shape index (κ3) is 2.01. The summed E-state index contributed by atoms with van der Waals surface area (Å²) in [6.45, 7) is 0.807. The van der Waals surface area contributed by atoms with Crippen molar-refractivity contribution in [3.05, 3.63) is 30.3 Å². The SMILES string of the molecule is COCC1(Nc2ccccc2)CC1. The Hall–Kier alpha value is -1.02. The number of rotatable bonds is 4.